The van der Waals surface area contributed by atoms with Crippen molar-refractivity contribution in [3.05, 3.63) is 119 Å². The number of para-hydroxylation sites is 1. The van der Waals surface area contributed by atoms with Gasteiger partial charge in [0, 0.05) is 67.2 Å². The smallest absolute Gasteiger partial charge is 0.340 e. The molecule has 1 unspecified atom stereocenters. The fourth-order valence-electron chi connectivity index (χ4n) is 5.40. The number of anilines is 2. The van der Waals surface area contributed by atoms with Crippen LogP contribution in [0.4, 0.5) is 11.4 Å². The molecule has 0 amide bonds. The fraction of sp³-hybridized carbons (Fsp3) is 0.156. The van der Waals surface area contributed by atoms with E-state index in [0.29, 0.717) is 5.56 Å². The van der Waals surface area contributed by atoms with Crippen LogP contribution in [0.5, 0.6) is 0 Å². The average molecular weight is 488 g/mol. The third-order valence-electron chi connectivity index (χ3n) is 7.28. The second-order valence-electron chi connectivity index (χ2n) is 9.92. The van der Waals surface area contributed by atoms with E-state index in [0.717, 1.165) is 50.2 Å². The highest BCUT2D eigenvalue weighted by molar-refractivity contribution is 6.01. The second kappa shape index (κ2) is 8.56. The lowest BCUT2D eigenvalue weighted by molar-refractivity contribution is 0.0257. The first kappa shape index (κ1) is 22.9. The molecule has 0 fully saturated rings. The summed E-state index contributed by atoms with van der Waals surface area (Å²) >= 11 is 0. The Morgan fingerprint density at radius 1 is 0.730 bits per heavy atom. The molecule has 0 radical (unpaired) electrons. The minimum absolute atomic E-state index is 0.320. The van der Waals surface area contributed by atoms with Gasteiger partial charge in [-0.05, 0) is 35.9 Å². The largest absolute Gasteiger partial charge is 0.440 e. The van der Waals surface area contributed by atoms with Crippen molar-refractivity contribution in [2.45, 2.75) is 5.60 Å². The first-order valence-electron chi connectivity index (χ1n) is 12.4. The van der Waals surface area contributed by atoms with Gasteiger partial charge >= 0.3 is 5.97 Å². The summed E-state index contributed by atoms with van der Waals surface area (Å²) in [6.45, 7) is 0. The van der Waals surface area contributed by atoms with Crippen molar-refractivity contribution in [1.29, 1.82) is 0 Å². The maximum Gasteiger partial charge on any atom is 0.340 e. The van der Waals surface area contributed by atoms with E-state index < -0.39 is 5.60 Å². The minimum Gasteiger partial charge on any atom is -0.440 e. The number of hydrogen-bond acceptors (Lipinski definition) is 4. The molecule has 6 rings (SSSR count). The zero-order valence-electron chi connectivity index (χ0n) is 21.4. The Morgan fingerprint density at radius 3 is 2.08 bits per heavy atom. The first-order chi connectivity index (χ1) is 17.9. The quantitative estimate of drug-likeness (QED) is 0.290. The summed E-state index contributed by atoms with van der Waals surface area (Å²) < 4.78 is 6.56. The van der Waals surface area contributed by atoms with E-state index in [4.69, 9.17) is 4.74 Å². The predicted octanol–water partition coefficient (Wildman–Crippen LogP) is 6.43. The molecular formula is C32H29N3O2. The van der Waals surface area contributed by atoms with Gasteiger partial charge in [-0.3, -0.25) is 0 Å². The van der Waals surface area contributed by atoms with E-state index in [2.05, 4.69) is 64.5 Å². The van der Waals surface area contributed by atoms with Gasteiger partial charge in [0.2, 0.25) is 0 Å². The molecule has 1 atom stereocenters. The molecule has 5 aromatic rings. The number of cyclic esters (lactones) is 1. The number of rotatable bonds is 5. The molecule has 0 saturated heterocycles. The molecule has 5 heteroatoms. The number of esters is 1. The summed E-state index contributed by atoms with van der Waals surface area (Å²) in [4.78, 5) is 21.3. The van der Waals surface area contributed by atoms with Gasteiger partial charge in [-0.15, -0.1) is 0 Å². The highest BCUT2D eigenvalue weighted by atomic mass is 16.6. The number of carbonyl (C=O) groups excluding carboxylic acids is 1. The van der Waals surface area contributed by atoms with Gasteiger partial charge in [-0.1, -0.05) is 66.7 Å². The Hall–Kier alpha value is -4.51. The van der Waals surface area contributed by atoms with Crippen LogP contribution >= 0.6 is 0 Å². The summed E-state index contributed by atoms with van der Waals surface area (Å²) in [5, 5.41) is 1.02. The van der Waals surface area contributed by atoms with Crippen LogP contribution in [0.3, 0.4) is 0 Å². The van der Waals surface area contributed by atoms with Gasteiger partial charge in [0.25, 0.3) is 0 Å². The van der Waals surface area contributed by atoms with Crippen molar-refractivity contribution in [3.63, 3.8) is 0 Å². The molecular weight excluding hydrogens is 458 g/mol. The number of carbonyl (C=O) groups is 1. The topological polar surface area (TPSA) is 48.6 Å². The molecule has 0 saturated carbocycles. The molecule has 1 N–H and O–H groups in total. The summed E-state index contributed by atoms with van der Waals surface area (Å²) in [7, 11) is 7.99. The highest BCUT2D eigenvalue weighted by Crippen LogP contribution is 2.52. The van der Waals surface area contributed by atoms with E-state index >= 15 is 0 Å². The zero-order valence-corrected chi connectivity index (χ0v) is 21.4. The lowest BCUT2D eigenvalue weighted by atomic mass is 9.77. The number of ether oxygens (including phenoxy) is 1. The van der Waals surface area contributed by atoms with Gasteiger partial charge in [0.05, 0.1) is 11.3 Å². The number of H-pyrrole nitrogens is 1. The van der Waals surface area contributed by atoms with E-state index in [-0.39, 0.29) is 5.97 Å². The van der Waals surface area contributed by atoms with Crippen LogP contribution in [0.15, 0.2) is 97.1 Å². The van der Waals surface area contributed by atoms with Crippen LogP contribution in [-0.4, -0.2) is 39.1 Å². The number of benzene rings is 4. The maximum absolute atomic E-state index is 13.6. The lowest BCUT2D eigenvalue weighted by Gasteiger charge is -2.31. The third-order valence-corrected chi connectivity index (χ3v) is 7.28. The Bertz CT molecular complexity index is 1620. The van der Waals surface area contributed by atoms with E-state index in [1.54, 1.807) is 0 Å². The van der Waals surface area contributed by atoms with Crippen molar-refractivity contribution in [3.8, 4) is 11.3 Å². The van der Waals surface area contributed by atoms with Crippen molar-refractivity contribution in [2.75, 3.05) is 38.0 Å². The Kier molecular flexibility index (Phi) is 5.30. The molecule has 0 bridgehead atoms. The monoisotopic (exact) mass is 487 g/mol. The molecule has 0 spiro atoms. The highest BCUT2D eigenvalue weighted by Gasteiger charge is 2.51. The molecule has 4 aromatic carbocycles. The van der Waals surface area contributed by atoms with Crippen LogP contribution in [0.1, 0.15) is 27.0 Å². The average Bonchev–Trinajstić information content (AvgIpc) is 3.45. The number of nitrogens with zero attached hydrogens (tertiary/aromatic N) is 2. The molecule has 1 aliphatic heterocycles. The molecule has 0 aliphatic carbocycles. The number of aromatic nitrogens is 1. The standard InChI is InChI=1S/C32H29N3O2/c1-34(2)23-16-14-22(15-17-23)32(27-19-18-24(35(3)4)20-26(27)31(36)37-32)29-25-12-8-9-13-28(25)33-30(29)21-10-6-5-7-11-21/h5-20,33H,1-4H3. The number of nitrogens with one attached hydrogen (secondary N) is 1. The van der Waals surface area contributed by atoms with Crippen molar-refractivity contribution in [1.82, 2.24) is 4.98 Å². The second-order valence-corrected chi connectivity index (χ2v) is 9.92. The van der Waals surface area contributed by atoms with Gasteiger partial charge in [0.15, 0.2) is 5.60 Å². The van der Waals surface area contributed by atoms with E-state index in [9.17, 15) is 4.79 Å². The Balaban J connectivity index is 1.73. The summed E-state index contributed by atoms with van der Waals surface area (Å²) in [5.74, 6) is -0.320. The van der Waals surface area contributed by atoms with Gasteiger partial charge in [-0.25, -0.2) is 4.79 Å². The van der Waals surface area contributed by atoms with Crippen molar-refractivity contribution < 1.29 is 9.53 Å². The van der Waals surface area contributed by atoms with Gasteiger partial charge in [-0.2, -0.15) is 0 Å². The molecule has 37 heavy (non-hydrogen) atoms. The van der Waals surface area contributed by atoms with Crippen LogP contribution in [0.25, 0.3) is 22.2 Å². The van der Waals surface area contributed by atoms with Crippen molar-refractivity contribution >= 4 is 28.2 Å². The summed E-state index contributed by atoms with van der Waals surface area (Å²) in [5.41, 5.74) is 7.17. The Labute approximate surface area is 216 Å². The lowest BCUT2D eigenvalue weighted by Crippen LogP contribution is -2.30. The summed E-state index contributed by atoms with van der Waals surface area (Å²) in [6, 6.07) is 32.8. The van der Waals surface area contributed by atoms with Crippen molar-refractivity contribution in [2.24, 2.45) is 0 Å². The normalized spacial score (nSPS) is 16.5. The molecule has 1 aliphatic rings. The first-order valence-corrected chi connectivity index (χ1v) is 12.4. The SMILES string of the molecule is CN(C)c1ccc(C2(c3c(-c4ccccc4)[nH]c4ccccc34)OC(=O)c3cc(N(C)C)ccc32)cc1. The molecule has 184 valence electrons. The minimum atomic E-state index is -1.12. The Morgan fingerprint density at radius 2 is 1.38 bits per heavy atom. The molecule has 1 aromatic heterocycles. The van der Waals surface area contributed by atoms with Gasteiger partial charge in [0.1, 0.15) is 0 Å². The molecule has 5 nitrogen and oxygen atoms in total. The third kappa shape index (κ3) is 3.50. The van der Waals surface area contributed by atoms with Gasteiger partial charge < -0.3 is 19.5 Å². The van der Waals surface area contributed by atoms with Crippen LogP contribution in [0, 0.1) is 0 Å². The predicted molar refractivity (Wildman–Crippen MR) is 151 cm³/mol. The van der Waals surface area contributed by atoms with Crippen LogP contribution in [-0.2, 0) is 10.3 Å². The summed E-state index contributed by atoms with van der Waals surface area (Å²) in [6.07, 6.45) is 0. The van der Waals surface area contributed by atoms with Crippen LogP contribution < -0.4 is 9.80 Å². The number of aromatic amines is 1. The zero-order chi connectivity index (χ0) is 25.7. The fourth-order valence-corrected chi connectivity index (χ4v) is 5.40. The maximum atomic E-state index is 13.6. The van der Waals surface area contributed by atoms with E-state index in [1.807, 2.05) is 75.6 Å². The van der Waals surface area contributed by atoms with Crippen LogP contribution in [0.2, 0.25) is 0 Å². The van der Waals surface area contributed by atoms with E-state index in [1.165, 1.54) is 0 Å². The number of fused-ring (bicyclic) bond motifs is 2. The number of hydrogen-bond donors (Lipinski definition) is 1. The molecule has 2 heterocycles.